The number of aromatic nitrogens is 5. The highest BCUT2D eigenvalue weighted by Crippen LogP contribution is 2.31. The van der Waals surface area contributed by atoms with Crippen molar-refractivity contribution in [2.45, 2.75) is 25.7 Å². The summed E-state index contributed by atoms with van der Waals surface area (Å²) in [5.41, 5.74) is 4.34. The molecule has 35 heavy (non-hydrogen) atoms. The first-order valence-corrected chi connectivity index (χ1v) is 11.5. The molecule has 2 N–H and O–H groups in total. The predicted molar refractivity (Wildman–Crippen MR) is 135 cm³/mol. The van der Waals surface area contributed by atoms with Gasteiger partial charge in [-0.15, -0.1) is 10.2 Å². The first-order chi connectivity index (χ1) is 17.1. The minimum absolute atomic E-state index is 0.0755. The Hall–Kier alpha value is -4.46. The maximum Gasteiger partial charge on any atom is 0.274 e. The Morgan fingerprint density at radius 1 is 1.14 bits per heavy atom. The number of amides is 1. The van der Waals surface area contributed by atoms with Crippen molar-refractivity contribution in [2.75, 3.05) is 5.32 Å². The lowest BCUT2D eigenvalue weighted by atomic mass is 10.00. The van der Waals surface area contributed by atoms with Crippen LogP contribution in [0.1, 0.15) is 41.7 Å². The average Bonchev–Trinajstić information content (AvgIpc) is 3.64. The summed E-state index contributed by atoms with van der Waals surface area (Å²) in [6.07, 6.45) is 12.8. The van der Waals surface area contributed by atoms with Crippen molar-refractivity contribution >= 4 is 17.3 Å². The lowest BCUT2D eigenvalue weighted by molar-refractivity contribution is 0.102. The number of hydrogen-bond donors (Lipinski definition) is 2. The summed E-state index contributed by atoms with van der Waals surface area (Å²) in [7, 11) is 0. The fourth-order valence-electron chi connectivity index (χ4n) is 3.80. The smallest absolute Gasteiger partial charge is 0.274 e. The third-order valence-electron chi connectivity index (χ3n) is 5.99. The molecule has 3 heterocycles. The van der Waals surface area contributed by atoms with Gasteiger partial charge >= 0.3 is 0 Å². The van der Waals surface area contributed by atoms with Crippen LogP contribution in [0.25, 0.3) is 17.1 Å². The molecule has 5 rings (SSSR count). The molecule has 0 saturated heterocycles. The molecule has 1 atom stereocenters. The number of hydrogen-bond acceptors (Lipinski definition) is 6. The second-order valence-electron chi connectivity index (χ2n) is 8.62. The lowest BCUT2D eigenvalue weighted by Crippen LogP contribution is -2.14. The molecule has 1 aliphatic carbocycles. The van der Waals surface area contributed by atoms with E-state index < -0.39 is 0 Å². The monoisotopic (exact) mass is 463 g/mol. The van der Waals surface area contributed by atoms with E-state index in [0.29, 0.717) is 28.8 Å². The van der Waals surface area contributed by atoms with E-state index in [1.807, 2.05) is 59.2 Å². The molecule has 0 spiro atoms. The van der Waals surface area contributed by atoms with Crippen molar-refractivity contribution in [2.24, 2.45) is 5.92 Å². The van der Waals surface area contributed by atoms with E-state index in [-0.39, 0.29) is 11.8 Å². The van der Waals surface area contributed by atoms with Gasteiger partial charge in [-0.25, -0.2) is 0 Å². The van der Waals surface area contributed by atoms with E-state index in [9.17, 15) is 4.79 Å². The Bertz CT molecular complexity index is 1390. The Morgan fingerprint density at radius 2 is 1.97 bits per heavy atom. The van der Waals surface area contributed by atoms with Gasteiger partial charge in [0.15, 0.2) is 5.82 Å². The van der Waals surface area contributed by atoms with Gasteiger partial charge in [0.05, 0.1) is 5.69 Å². The topological polar surface area (TPSA) is 109 Å². The van der Waals surface area contributed by atoms with Crippen LogP contribution in [-0.4, -0.2) is 36.4 Å². The quantitative estimate of drug-likeness (QED) is 0.355. The van der Waals surface area contributed by atoms with E-state index >= 15 is 0 Å². The summed E-state index contributed by atoms with van der Waals surface area (Å²) in [6, 6.07) is 14.9. The molecule has 1 saturated carbocycles. The summed E-state index contributed by atoms with van der Waals surface area (Å²) in [5.74, 6) is 0.865. The number of pyridine rings is 2. The van der Waals surface area contributed by atoms with Gasteiger partial charge in [0.1, 0.15) is 12.0 Å². The van der Waals surface area contributed by atoms with Gasteiger partial charge in [-0.2, -0.15) is 0 Å². The zero-order chi connectivity index (χ0) is 24.2. The fourth-order valence-corrected chi connectivity index (χ4v) is 3.80. The molecule has 1 amide bonds. The van der Waals surface area contributed by atoms with Gasteiger partial charge < -0.3 is 10.7 Å². The van der Waals surface area contributed by atoms with Crippen molar-refractivity contribution < 1.29 is 4.79 Å². The summed E-state index contributed by atoms with van der Waals surface area (Å²) in [5, 5.41) is 19.3. The molecule has 1 fully saturated rings. The minimum Gasteiger partial charge on any atom is -0.321 e. The molecule has 3 aromatic heterocycles. The normalized spacial score (nSPS) is 14.1. The Morgan fingerprint density at radius 3 is 2.77 bits per heavy atom. The summed E-state index contributed by atoms with van der Waals surface area (Å²) in [6.45, 7) is 2.05. The molecule has 8 nitrogen and oxygen atoms in total. The number of nitrogens with zero attached hydrogens (tertiary/aromatic N) is 5. The Labute approximate surface area is 203 Å². The predicted octanol–water partition coefficient (Wildman–Crippen LogP) is 5.07. The second-order valence-corrected chi connectivity index (χ2v) is 8.62. The van der Waals surface area contributed by atoms with E-state index in [1.165, 1.54) is 0 Å². The first-order valence-electron chi connectivity index (χ1n) is 11.5. The zero-order valence-electron chi connectivity index (χ0n) is 19.3. The van der Waals surface area contributed by atoms with Crippen LogP contribution in [0.4, 0.5) is 5.69 Å². The van der Waals surface area contributed by atoms with Gasteiger partial charge in [-0.1, -0.05) is 25.1 Å². The highest BCUT2D eigenvalue weighted by atomic mass is 16.1. The van der Waals surface area contributed by atoms with Gasteiger partial charge in [0.25, 0.3) is 5.91 Å². The highest BCUT2D eigenvalue weighted by Gasteiger charge is 2.24. The molecule has 8 heteroatoms. The fraction of sp³-hybridized carbons (Fsp3) is 0.185. The molecule has 0 bridgehead atoms. The Balaban J connectivity index is 1.32. The van der Waals surface area contributed by atoms with Gasteiger partial charge in [0.2, 0.25) is 0 Å². The van der Waals surface area contributed by atoms with Gasteiger partial charge in [-0.3, -0.25) is 19.3 Å². The van der Waals surface area contributed by atoms with Crippen LogP contribution in [0, 0.1) is 11.3 Å². The number of allylic oxidation sites excluding steroid dienone is 2. The van der Waals surface area contributed by atoms with Gasteiger partial charge in [-0.05, 0) is 66.8 Å². The minimum atomic E-state index is -0.290. The molecule has 174 valence electrons. The Kier molecular flexibility index (Phi) is 6.26. The van der Waals surface area contributed by atoms with Crippen molar-refractivity contribution in [3.63, 3.8) is 0 Å². The zero-order valence-corrected chi connectivity index (χ0v) is 19.3. The maximum absolute atomic E-state index is 13.0. The summed E-state index contributed by atoms with van der Waals surface area (Å²) in [4.78, 5) is 21.3. The third kappa shape index (κ3) is 5.22. The number of rotatable bonds is 8. The van der Waals surface area contributed by atoms with E-state index in [1.54, 1.807) is 31.0 Å². The standard InChI is InChI=1S/C27H25N7O/c1-18(5-8-24(28)19-6-7-19)20-9-14-30-25(16-20)27(35)32-22-4-2-3-21(15-22)26-33-31-17-34(26)23-10-12-29-13-11-23/h2-5,8-19,28H,6-7H2,1H3,(H,32,35)/b8-5-,28-24?/t18-/m0/s1. The number of nitrogens with one attached hydrogen (secondary N) is 2. The van der Waals surface area contributed by atoms with Crippen molar-refractivity contribution in [1.82, 2.24) is 24.7 Å². The van der Waals surface area contributed by atoms with Crippen molar-refractivity contribution in [3.05, 3.63) is 96.9 Å². The average molecular weight is 464 g/mol. The number of benzene rings is 1. The second kappa shape index (κ2) is 9.80. The number of anilines is 1. The maximum atomic E-state index is 13.0. The van der Waals surface area contributed by atoms with E-state index in [0.717, 1.165) is 29.7 Å². The van der Waals surface area contributed by atoms with E-state index in [2.05, 4.69) is 32.4 Å². The largest absolute Gasteiger partial charge is 0.321 e. The molecular weight excluding hydrogens is 438 g/mol. The number of carbonyl (C=O) groups is 1. The summed E-state index contributed by atoms with van der Waals surface area (Å²) >= 11 is 0. The third-order valence-corrected chi connectivity index (χ3v) is 5.99. The van der Waals surface area contributed by atoms with E-state index in [4.69, 9.17) is 5.41 Å². The molecule has 0 radical (unpaired) electrons. The molecule has 1 aliphatic rings. The highest BCUT2D eigenvalue weighted by molar-refractivity contribution is 6.03. The summed E-state index contributed by atoms with van der Waals surface area (Å²) < 4.78 is 1.87. The van der Waals surface area contributed by atoms with Crippen LogP contribution >= 0.6 is 0 Å². The first kappa shape index (κ1) is 22.3. The molecule has 0 unspecified atom stereocenters. The van der Waals surface area contributed by atoms with Gasteiger partial charge in [0, 0.05) is 41.5 Å². The van der Waals surface area contributed by atoms with Crippen LogP contribution in [0.5, 0.6) is 0 Å². The molecule has 4 aromatic rings. The lowest BCUT2D eigenvalue weighted by Gasteiger charge is -2.11. The van der Waals surface area contributed by atoms with Crippen LogP contribution in [0.3, 0.4) is 0 Å². The van der Waals surface area contributed by atoms with Crippen LogP contribution < -0.4 is 5.32 Å². The van der Waals surface area contributed by atoms with Crippen molar-refractivity contribution in [1.29, 1.82) is 5.41 Å². The molecule has 0 aliphatic heterocycles. The van der Waals surface area contributed by atoms with Crippen LogP contribution in [-0.2, 0) is 0 Å². The SMILES string of the molecule is C[C@@H](/C=C\C(=N)C1CC1)c1ccnc(C(=O)Nc2cccc(-c3nncn3-c3ccncc3)c2)c1. The van der Waals surface area contributed by atoms with Crippen LogP contribution in [0.2, 0.25) is 0 Å². The molecule has 1 aromatic carbocycles. The molecular formula is C27H25N7O. The number of carbonyl (C=O) groups excluding carboxylic acids is 1. The van der Waals surface area contributed by atoms with Crippen LogP contribution in [0.15, 0.2) is 85.6 Å². The van der Waals surface area contributed by atoms with Crippen molar-refractivity contribution in [3.8, 4) is 17.1 Å².